The lowest BCUT2D eigenvalue weighted by molar-refractivity contribution is -0.154. The average Bonchev–Trinajstić information content (AvgIpc) is 2.70. The second kappa shape index (κ2) is 8.72. The zero-order valence-corrected chi connectivity index (χ0v) is 15.5. The molecule has 0 radical (unpaired) electrons. The summed E-state index contributed by atoms with van der Waals surface area (Å²) in [6.07, 6.45) is -0.825. The molecule has 0 fully saturated rings. The van der Waals surface area contributed by atoms with Gasteiger partial charge in [-0.1, -0.05) is 6.92 Å². The molecule has 3 aromatic rings. The Morgan fingerprint density at radius 3 is 2.69 bits per heavy atom. The van der Waals surface area contributed by atoms with Crippen LogP contribution in [0.25, 0.3) is 11.4 Å². The number of anilines is 1. The van der Waals surface area contributed by atoms with Crippen LogP contribution in [0, 0.1) is 0 Å². The van der Waals surface area contributed by atoms with Gasteiger partial charge < -0.3 is 15.0 Å². The van der Waals surface area contributed by atoms with Gasteiger partial charge in [-0.15, -0.1) is 0 Å². The first-order chi connectivity index (χ1) is 13.8. The largest absolute Gasteiger partial charge is 0.468 e. The highest BCUT2D eigenvalue weighted by Crippen LogP contribution is 2.19. The number of ether oxygens (including phenoxy) is 1. The fourth-order valence-electron chi connectivity index (χ4n) is 2.45. The molecule has 10 heteroatoms. The molecule has 0 aliphatic heterocycles. The second-order valence-corrected chi connectivity index (χ2v) is 6.13. The molecule has 0 saturated heterocycles. The van der Waals surface area contributed by atoms with E-state index < -0.39 is 12.8 Å². The standard InChI is InChI=1S/C19H18F3N5O2/c1-2-14-8-16(28)27-18(26-14)13-3-4-15(25-10-13)24-9-12-5-6-23-17(7-12)29-11-19(20,21)22/h3-8,10H,2,9,11H2,1H3,(H,24,25)(H,26,27,28). The topological polar surface area (TPSA) is 92.8 Å². The highest BCUT2D eigenvalue weighted by molar-refractivity contribution is 5.55. The lowest BCUT2D eigenvalue weighted by atomic mass is 10.2. The average molecular weight is 405 g/mol. The minimum Gasteiger partial charge on any atom is -0.468 e. The van der Waals surface area contributed by atoms with E-state index >= 15 is 0 Å². The normalized spacial score (nSPS) is 11.3. The maximum atomic E-state index is 12.2. The lowest BCUT2D eigenvalue weighted by Gasteiger charge is -2.10. The van der Waals surface area contributed by atoms with Crippen LogP contribution in [0.4, 0.5) is 19.0 Å². The summed E-state index contributed by atoms with van der Waals surface area (Å²) in [7, 11) is 0. The number of alkyl halides is 3. The van der Waals surface area contributed by atoms with Crippen molar-refractivity contribution in [2.45, 2.75) is 26.1 Å². The number of hydrogen-bond donors (Lipinski definition) is 2. The fraction of sp³-hybridized carbons (Fsp3) is 0.263. The van der Waals surface area contributed by atoms with E-state index in [9.17, 15) is 18.0 Å². The van der Waals surface area contributed by atoms with E-state index in [1.165, 1.54) is 18.3 Å². The molecular formula is C19H18F3N5O2. The predicted octanol–water partition coefficient (Wildman–Crippen LogP) is 3.34. The van der Waals surface area contributed by atoms with Gasteiger partial charge in [0.05, 0.1) is 0 Å². The third-order valence-electron chi connectivity index (χ3n) is 3.85. The molecule has 0 spiro atoms. The Kier molecular flexibility index (Phi) is 6.10. The van der Waals surface area contributed by atoms with Gasteiger partial charge in [-0.05, 0) is 30.2 Å². The number of H-pyrrole nitrogens is 1. The molecule has 0 saturated carbocycles. The Hall–Kier alpha value is -3.43. The van der Waals surface area contributed by atoms with Crippen molar-refractivity contribution >= 4 is 5.82 Å². The van der Waals surface area contributed by atoms with Crippen molar-refractivity contribution in [1.29, 1.82) is 0 Å². The van der Waals surface area contributed by atoms with Crippen molar-refractivity contribution in [3.8, 4) is 17.3 Å². The Bertz CT molecular complexity index is 1020. The minimum absolute atomic E-state index is 0.101. The number of nitrogens with zero attached hydrogens (tertiary/aromatic N) is 3. The third-order valence-corrected chi connectivity index (χ3v) is 3.85. The highest BCUT2D eigenvalue weighted by Gasteiger charge is 2.28. The van der Waals surface area contributed by atoms with Crippen molar-refractivity contribution in [1.82, 2.24) is 19.9 Å². The second-order valence-electron chi connectivity index (χ2n) is 6.13. The van der Waals surface area contributed by atoms with Crippen molar-refractivity contribution in [3.63, 3.8) is 0 Å². The molecule has 2 N–H and O–H groups in total. The molecule has 152 valence electrons. The zero-order chi connectivity index (χ0) is 20.9. The summed E-state index contributed by atoms with van der Waals surface area (Å²) in [5.74, 6) is 0.891. The van der Waals surface area contributed by atoms with Gasteiger partial charge in [0.25, 0.3) is 5.56 Å². The van der Waals surface area contributed by atoms with Crippen LogP contribution in [0.15, 0.2) is 47.5 Å². The van der Waals surface area contributed by atoms with Crippen LogP contribution >= 0.6 is 0 Å². The minimum atomic E-state index is -4.42. The van der Waals surface area contributed by atoms with Gasteiger partial charge in [0.2, 0.25) is 5.88 Å². The number of aromatic nitrogens is 4. The van der Waals surface area contributed by atoms with Crippen LogP contribution in [0.2, 0.25) is 0 Å². The molecule has 3 heterocycles. The first-order valence-electron chi connectivity index (χ1n) is 8.77. The molecule has 3 rings (SSSR count). The molecule has 0 bridgehead atoms. The molecule has 0 amide bonds. The van der Waals surface area contributed by atoms with Crippen LogP contribution in [-0.4, -0.2) is 32.7 Å². The van der Waals surface area contributed by atoms with Crippen molar-refractivity contribution in [2.24, 2.45) is 0 Å². The van der Waals surface area contributed by atoms with E-state index in [0.29, 0.717) is 41.4 Å². The summed E-state index contributed by atoms with van der Waals surface area (Å²) in [6, 6.07) is 8.02. The van der Waals surface area contributed by atoms with Gasteiger partial charge in [0.1, 0.15) is 11.6 Å². The van der Waals surface area contributed by atoms with Gasteiger partial charge in [0, 0.05) is 42.3 Å². The molecule has 3 aromatic heterocycles. The Balaban J connectivity index is 1.64. The monoisotopic (exact) mass is 405 g/mol. The first kappa shape index (κ1) is 20.3. The summed E-state index contributed by atoms with van der Waals surface area (Å²) in [4.78, 5) is 26.8. The summed E-state index contributed by atoms with van der Waals surface area (Å²) >= 11 is 0. The van der Waals surface area contributed by atoms with Crippen LogP contribution in [0.5, 0.6) is 5.88 Å². The van der Waals surface area contributed by atoms with E-state index in [1.807, 2.05) is 6.92 Å². The van der Waals surface area contributed by atoms with Crippen LogP contribution in [-0.2, 0) is 13.0 Å². The molecule has 29 heavy (non-hydrogen) atoms. The van der Waals surface area contributed by atoms with Crippen LogP contribution in [0.1, 0.15) is 18.2 Å². The molecule has 0 aliphatic rings. The number of rotatable bonds is 7. The van der Waals surface area contributed by atoms with E-state index in [0.717, 1.165) is 0 Å². The number of hydrogen-bond acceptors (Lipinski definition) is 6. The van der Waals surface area contributed by atoms with Crippen LogP contribution in [0.3, 0.4) is 0 Å². The smallest absolute Gasteiger partial charge is 0.422 e. The van der Waals surface area contributed by atoms with Gasteiger partial charge >= 0.3 is 6.18 Å². The molecular weight excluding hydrogens is 387 g/mol. The number of nitrogens with one attached hydrogen (secondary N) is 2. The van der Waals surface area contributed by atoms with Gasteiger partial charge in [0.15, 0.2) is 6.61 Å². The molecule has 0 aliphatic carbocycles. The van der Waals surface area contributed by atoms with E-state index in [-0.39, 0.29) is 11.4 Å². The first-order valence-corrected chi connectivity index (χ1v) is 8.77. The lowest BCUT2D eigenvalue weighted by Crippen LogP contribution is -2.19. The summed E-state index contributed by atoms with van der Waals surface area (Å²) in [5.41, 5.74) is 1.81. The summed E-state index contributed by atoms with van der Waals surface area (Å²) < 4.78 is 41.3. The molecule has 0 unspecified atom stereocenters. The number of halogens is 3. The number of pyridine rings is 2. The van der Waals surface area contributed by atoms with Crippen LogP contribution < -0.4 is 15.6 Å². The van der Waals surface area contributed by atoms with Gasteiger partial charge in [-0.25, -0.2) is 15.0 Å². The maximum absolute atomic E-state index is 12.2. The SMILES string of the molecule is CCc1cc(=O)[nH]c(-c2ccc(NCc3ccnc(OCC(F)(F)F)c3)nc2)n1. The molecule has 7 nitrogen and oxygen atoms in total. The van der Waals surface area contributed by atoms with E-state index in [2.05, 4.69) is 30.0 Å². The Labute approximate surface area is 164 Å². The molecule has 0 atom stereocenters. The quantitative estimate of drug-likeness (QED) is 0.626. The summed E-state index contributed by atoms with van der Waals surface area (Å²) in [5, 5.41) is 3.06. The summed E-state index contributed by atoms with van der Waals surface area (Å²) in [6.45, 7) is 0.836. The zero-order valence-electron chi connectivity index (χ0n) is 15.5. The fourth-order valence-corrected chi connectivity index (χ4v) is 2.45. The Morgan fingerprint density at radius 2 is 2.00 bits per heavy atom. The highest BCUT2D eigenvalue weighted by atomic mass is 19.4. The van der Waals surface area contributed by atoms with Crippen molar-refractivity contribution in [3.05, 3.63) is 64.3 Å². The predicted molar refractivity (Wildman–Crippen MR) is 101 cm³/mol. The van der Waals surface area contributed by atoms with Crippen molar-refractivity contribution < 1.29 is 17.9 Å². The van der Waals surface area contributed by atoms with E-state index in [4.69, 9.17) is 0 Å². The van der Waals surface area contributed by atoms with Gasteiger partial charge in [-0.3, -0.25) is 4.79 Å². The van der Waals surface area contributed by atoms with Gasteiger partial charge in [-0.2, -0.15) is 13.2 Å². The maximum Gasteiger partial charge on any atom is 0.422 e. The number of aromatic amines is 1. The van der Waals surface area contributed by atoms with E-state index in [1.54, 1.807) is 24.4 Å². The third kappa shape index (κ3) is 6.03. The number of aryl methyl sites for hydroxylation is 1. The van der Waals surface area contributed by atoms with Crippen molar-refractivity contribution in [2.75, 3.05) is 11.9 Å². The molecule has 0 aromatic carbocycles. The Morgan fingerprint density at radius 1 is 1.17 bits per heavy atom.